The molecule has 0 spiro atoms. The van der Waals surface area contributed by atoms with Crippen LogP contribution < -0.4 is 10.1 Å². The van der Waals surface area contributed by atoms with Crippen LogP contribution in [-0.2, 0) is 11.3 Å². The maximum Gasteiger partial charge on any atom is 0.261 e. The Balaban J connectivity index is 1.41. The summed E-state index contributed by atoms with van der Waals surface area (Å²) in [4.78, 5) is 18.7. The molecule has 0 aliphatic carbocycles. The Bertz CT molecular complexity index is 1180. The number of fused-ring (bicyclic) bond motifs is 1. The number of thiazole rings is 1. The van der Waals surface area contributed by atoms with Gasteiger partial charge in [0.2, 0.25) is 0 Å². The van der Waals surface area contributed by atoms with E-state index in [2.05, 4.69) is 10.3 Å². The molecule has 0 radical (unpaired) electrons. The first kappa shape index (κ1) is 20.0. The highest BCUT2D eigenvalue weighted by Gasteiger charge is 2.17. The number of hydrogen-bond donors (Lipinski definition) is 1. The minimum Gasteiger partial charge on any atom is -0.481 e. The number of benzene rings is 2. The van der Waals surface area contributed by atoms with Gasteiger partial charge in [0.05, 0.1) is 12.2 Å². The summed E-state index contributed by atoms with van der Waals surface area (Å²) >= 11 is 1.48. The second-order valence-electron chi connectivity index (χ2n) is 6.83. The molecular formula is C22H19F2N3O2S. The molecule has 0 aliphatic rings. The quantitative estimate of drug-likeness (QED) is 0.484. The van der Waals surface area contributed by atoms with Crippen molar-refractivity contribution in [1.82, 2.24) is 14.7 Å². The van der Waals surface area contributed by atoms with Crippen molar-refractivity contribution in [2.24, 2.45) is 0 Å². The van der Waals surface area contributed by atoms with E-state index in [1.807, 2.05) is 17.5 Å². The number of imidazole rings is 1. The molecule has 1 unspecified atom stereocenters. The van der Waals surface area contributed by atoms with Gasteiger partial charge in [-0.15, -0.1) is 0 Å². The molecular weight excluding hydrogens is 408 g/mol. The van der Waals surface area contributed by atoms with Gasteiger partial charge in [-0.25, -0.2) is 13.8 Å². The molecule has 0 saturated heterocycles. The third-order valence-corrected chi connectivity index (χ3v) is 5.87. The smallest absolute Gasteiger partial charge is 0.261 e. The molecule has 0 fully saturated rings. The second-order valence-corrected chi connectivity index (χ2v) is 7.89. The Hall–Kier alpha value is -3.26. The van der Waals surface area contributed by atoms with Gasteiger partial charge in [0.15, 0.2) is 11.1 Å². The van der Waals surface area contributed by atoms with Crippen LogP contribution in [0.2, 0.25) is 0 Å². The fourth-order valence-electron chi connectivity index (χ4n) is 3.00. The zero-order valence-corrected chi connectivity index (χ0v) is 17.2. The van der Waals surface area contributed by atoms with Gasteiger partial charge in [-0.3, -0.25) is 9.20 Å². The Kier molecular flexibility index (Phi) is 5.50. The third-order valence-electron chi connectivity index (χ3n) is 4.71. The summed E-state index contributed by atoms with van der Waals surface area (Å²) in [5, 5.41) is 2.86. The van der Waals surface area contributed by atoms with Crippen molar-refractivity contribution in [3.63, 3.8) is 0 Å². The van der Waals surface area contributed by atoms with E-state index in [0.29, 0.717) is 12.3 Å². The fourth-order valence-corrected chi connectivity index (χ4v) is 4.04. The SMILES string of the molecule is Cc1c(CNC(=O)C(C)Oc2ccc(F)cc2)sc2nc(-c3ccc(F)cc3)cn12. The van der Waals surface area contributed by atoms with Gasteiger partial charge in [-0.05, 0) is 62.4 Å². The van der Waals surface area contributed by atoms with Gasteiger partial charge in [-0.2, -0.15) is 0 Å². The number of carbonyl (C=O) groups is 1. The molecule has 1 amide bonds. The highest BCUT2D eigenvalue weighted by molar-refractivity contribution is 7.17. The zero-order chi connectivity index (χ0) is 21.3. The standard InChI is InChI=1S/C22H19F2N3O2S/c1-13-20(11-25-21(28)14(2)29-18-9-7-17(24)8-10-18)30-22-26-19(12-27(13)22)15-3-5-16(23)6-4-15/h3-10,12,14H,11H2,1-2H3,(H,25,28). The van der Waals surface area contributed by atoms with Crippen molar-refractivity contribution in [3.05, 3.63) is 76.9 Å². The van der Waals surface area contributed by atoms with Crippen LogP contribution in [-0.4, -0.2) is 21.4 Å². The molecule has 0 saturated carbocycles. The first-order valence-electron chi connectivity index (χ1n) is 9.34. The Morgan fingerprint density at radius 1 is 1.13 bits per heavy atom. The van der Waals surface area contributed by atoms with E-state index < -0.39 is 6.10 Å². The van der Waals surface area contributed by atoms with Gasteiger partial charge in [-0.1, -0.05) is 11.3 Å². The molecule has 2 aromatic carbocycles. The molecule has 2 heterocycles. The van der Waals surface area contributed by atoms with Crippen molar-refractivity contribution in [2.45, 2.75) is 26.5 Å². The Labute approximate surface area is 176 Å². The number of carbonyl (C=O) groups excluding carboxylic acids is 1. The van der Waals surface area contributed by atoms with E-state index in [1.165, 1.54) is 47.7 Å². The maximum absolute atomic E-state index is 13.1. The second kappa shape index (κ2) is 8.23. The van der Waals surface area contributed by atoms with Gasteiger partial charge in [0, 0.05) is 22.3 Å². The lowest BCUT2D eigenvalue weighted by atomic mass is 10.2. The van der Waals surface area contributed by atoms with Crippen molar-refractivity contribution in [2.75, 3.05) is 0 Å². The van der Waals surface area contributed by atoms with Crippen LogP contribution in [0.3, 0.4) is 0 Å². The predicted octanol–water partition coefficient (Wildman–Crippen LogP) is 4.73. The number of aryl methyl sites for hydroxylation is 1. The van der Waals surface area contributed by atoms with Crippen LogP contribution >= 0.6 is 11.3 Å². The van der Waals surface area contributed by atoms with Crippen molar-refractivity contribution in [1.29, 1.82) is 0 Å². The number of rotatable bonds is 6. The van der Waals surface area contributed by atoms with E-state index in [0.717, 1.165) is 26.8 Å². The summed E-state index contributed by atoms with van der Waals surface area (Å²) in [6.45, 7) is 3.95. The lowest BCUT2D eigenvalue weighted by molar-refractivity contribution is -0.127. The molecule has 2 aromatic heterocycles. The zero-order valence-electron chi connectivity index (χ0n) is 16.4. The molecule has 1 N–H and O–H groups in total. The van der Waals surface area contributed by atoms with Gasteiger partial charge in [0.25, 0.3) is 5.91 Å². The van der Waals surface area contributed by atoms with Gasteiger partial charge >= 0.3 is 0 Å². The predicted molar refractivity (Wildman–Crippen MR) is 112 cm³/mol. The summed E-state index contributed by atoms with van der Waals surface area (Å²) in [6.07, 6.45) is 1.19. The van der Waals surface area contributed by atoms with E-state index in [-0.39, 0.29) is 17.5 Å². The van der Waals surface area contributed by atoms with Crippen LogP contribution in [0, 0.1) is 18.6 Å². The summed E-state index contributed by atoms with van der Waals surface area (Å²) in [5.41, 5.74) is 2.58. The average Bonchev–Trinajstić information content (AvgIpc) is 3.27. The summed E-state index contributed by atoms with van der Waals surface area (Å²) in [5.74, 6) is -0.484. The lowest BCUT2D eigenvalue weighted by Gasteiger charge is -2.14. The van der Waals surface area contributed by atoms with E-state index >= 15 is 0 Å². The van der Waals surface area contributed by atoms with Crippen molar-refractivity contribution in [3.8, 4) is 17.0 Å². The first-order chi connectivity index (χ1) is 14.4. The van der Waals surface area contributed by atoms with Crippen LogP contribution in [0.15, 0.2) is 54.7 Å². The van der Waals surface area contributed by atoms with Crippen LogP contribution in [0.4, 0.5) is 8.78 Å². The lowest BCUT2D eigenvalue weighted by Crippen LogP contribution is -2.35. The number of nitrogens with zero attached hydrogens (tertiary/aromatic N) is 2. The van der Waals surface area contributed by atoms with Crippen molar-refractivity contribution < 1.29 is 18.3 Å². The van der Waals surface area contributed by atoms with Crippen molar-refractivity contribution >= 4 is 22.2 Å². The number of amides is 1. The van der Waals surface area contributed by atoms with Gasteiger partial charge < -0.3 is 10.1 Å². The average molecular weight is 427 g/mol. The molecule has 0 bridgehead atoms. The van der Waals surface area contributed by atoms with E-state index in [9.17, 15) is 13.6 Å². The molecule has 0 aliphatic heterocycles. The number of hydrogen-bond acceptors (Lipinski definition) is 4. The maximum atomic E-state index is 13.1. The first-order valence-corrected chi connectivity index (χ1v) is 10.2. The highest BCUT2D eigenvalue weighted by atomic mass is 32.1. The molecule has 8 heteroatoms. The normalized spacial score (nSPS) is 12.1. The molecule has 5 nitrogen and oxygen atoms in total. The molecule has 1 atom stereocenters. The van der Waals surface area contributed by atoms with E-state index in [4.69, 9.17) is 4.74 Å². The number of aromatic nitrogens is 2. The Morgan fingerprint density at radius 3 is 2.40 bits per heavy atom. The topological polar surface area (TPSA) is 55.6 Å². The molecule has 30 heavy (non-hydrogen) atoms. The van der Waals surface area contributed by atoms with Gasteiger partial charge in [0.1, 0.15) is 17.4 Å². The third kappa shape index (κ3) is 4.18. The number of ether oxygens (including phenoxy) is 1. The fraction of sp³-hybridized carbons (Fsp3) is 0.182. The highest BCUT2D eigenvalue weighted by Crippen LogP contribution is 2.27. The van der Waals surface area contributed by atoms with Crippen LogP contribution in [0.5, 0.6) is 5.75 Å². The monoisotopic (exact) mass is 427 g/mol. The molecule has 4 aromatic rings. The molecule has 154 valence electrons. The minimum atomic E-state index is -0.718. The largest absolute Gasteiger partial charge is 0.481 e. The van der Waals surface area contributed by atoms with E-state index in [1.54, 1.807) is 19.1 Å². The number of halogens is 2. The summed E-state index contributed by atoms with van der Waals surface area (Å²) < 4.78 is 33.6. The summed E-state index contributed by atoms with van der Waals surface area (Å²) in [7, 11) is 0. The number of nitrogens with one attached hydrogen (secondary N) is 1. The molecule has 4 rings (SSSR count). The van der Waals surface area contributed by atoms with Crippen LogP contribution in [0.1, 0.15) is 17.5 Å². The Morgan fingerprint density at radius 2 is 1.77 bits per heavy atom. The minimum absolute atomic E-state index is 0.267. The summed E-state index contributed by atoms with van der Waals surface area (Å²) in [6, 6.07) is 11.7. The van der Waals surface area contributed by atoms with Crippen LogP contribution in [0.25, 0.3) is 16.2 Å².